The van der Waals surface area contributed by atoms with Crippen molar-refractivity contribution in [3.63, 3.8) is 0 Å². The van der Waals surface area contributed by atoms with Crippen LogP contribution in [-0.2, 0) is 17.6 Å². The highest BCUT2D eigenvalue weighted by molar-refractivity contribution is 5.36. The van der Waals surface area contributed by atoms with Gasteiger partial charge in [-0.25, -0.2) is 0 Å². The van der Waals surface area contributed by atoms with Gasteiger partial charge < -0.3 is 15.2 Å². The van der Waals surface area contributed by atoms with Gasteiger partial charge in [-0.2, -0.15) is 0 Å². The van der Waals surface area contributed by atoms with Crippen LogP contribution in [0.3, 0.4) is 0 Å². The zero-order chi connectivity index (χ0) is 14.5. The molecule has 0 saturated carbocycles. The van der Waals surface area contributed by atoms with Crippen LogP contribution in [0.25, 0.3) is 0 Å². The van der Waals surface area contributed by atoms with Crippen molar-refractivity contribution in [3.05, 3.63) is 34.9 Å². The fraction of sp³-hybridized carbons (Fsp3) is 0.647. The van der Waals surface area contributed by atoms with Crippen LogP contribution in [0.4, 0.5) is 0 Å². The molecule has 0 fully saturated rings. The van der Waals surface area contributed by atoms with Gasteiger partial charge in [0.1, 0.15) is 0 Å². The first kappa shape index (κ1) is 15.5. The van der Waals surface area contributed by atoms with E-state index < -0.39 is 6.10 Å². The maximum absolute atomic E-state index is 10.7. The minimum atomic E-state index is -0.460. The summed E-state index contributed by atoms with van der Waals surface area (Å²) in [6.45, 7) is 5.71. The lowest BCUT2D eigenvalue weighted by atomic mass is 9.92. The molecule has 0 radical (unpaired) electrons. The Hall–Kier alpha value is -0.900. The predicted molar refractivity (Wildman–Crippen MR) is 81.9 cm³/mol. The molecule has 1 aliphatic carbocycles. The van der Waals surface area contributed by atoms with Crippen molar-refractivity contribution in [1.29, 1.82) is 0 Å². The summed E-state index contributed by atoms with van der Waals surface area (Å²) < 4.78 is 5.07. The zero-order valence-electron chi connectivity index (χ0n) is 12.9. The molecule has 2 rings (SSSR count). The van der Waals surface area contributed by atoms with Crippen molar-refractivity contribution in [2.75, 3.05) is 20.3 Å². The van der Waals surface area contributed by atoms with Crippen molar-refractivity contribution >= 4 is 0 Å². The first-order chi connectivity index (χ1) is 9.63. The Kier molecular flexibility index (Phi) is 5.58. The number of fused-ring (bicyclic) bond motifs is 1. The van der Waals surface area contributed by atoms with Crippen molar-refractivity contribution in [1.82, 2.24) is 5.32 Å². The van der Waals surface area contributed by atoms with E-state index >= 15 is 0 Å². The van der Waals surface area contributed by atoms with Crippen molar-refractivity contribution in [2.45, 2.75) is 45.3 Å². The molecule has 1 aliphatic rings. The molecule has 1 aromatic rings. The molecular formula is C17H27NO2. The van der Waals surface area contributed by atoms with E-state index in [1.165, 1.54) is 24.0 Å². The average Bonchev–Trinajstić information content (AvgIpc) is 2.89. The summed E-state index contributed by atoms with van der Waals surface area (Å²) in [7, 11) is 1.70. The summed E-state index contributed by atoms with van der Waals surface area (Å²) in [5, 5.41) is 14.1. The topological polar surface area (TPSA) is 41.5 Å². The fourth-order valence-electron chi connectivity index (χ4n) is 3.02. The number of methoxy groups -OCH3 is 1. The third kappa shape index (κ3) is 3.60. The molecule has 2 N–H and O–H groups in total. The van der Waals surface area contributed by atoms with Gasteiger partial charge in [0.2, 0.25) is 0 Å². The average molecular weight is 277 g/mol. The lowest BCUT2D eigenvalue weighted by Gasteiger charge is -2.28. The van der Waals surface area contributed by atoms with Gasteiger partial charge in [0.05, 0.1) is 12.7 Å². The molecule has 0 aromatic heterocycles. The van der Waals surface area contributed by atoms with Crippen molar-refractivity contribution < 1.29 is 9.84 Å². The summed E-state index contributed by atoms with van der Waals surface area (Å²) in [5.74, 6) is 0.370. The molecule has 0 saturated heterocycles. The van der Waals surface area contributed by atoms with Gasteiger partial charge in [0.25, 0.3) is 0 Å². The van der Waals surface area contributed by atoms with Crippen molar-refractivity contribution in [2.24, 2.45) is 5.92 Å². The first-order valence-electron chi connectivity index (χ1n) is 7.65. The second-order valence-corrected chi connectivity index (χ2v) is 6.04. The zero-order valence-corrected chi connectivity index (χ0v) is 12.9. The highest BCUT2D eigenvalue weighted by Crippen LogP contribution is 2.28. The van der Waals surface area contributed by atoms with Gasteiger partial charge in [-0.15, -0.1) is 0 Å². The minimum Gasteiger partial charge on any atom is -0.387 e. The third-order valence-corrected chi connectivity index (χ3v) is 4.21. The second-order valence-electron chi connectivity index (χ2n) is 6.04. The fourth-order valence-corrected chi connectivity index (χ4v) is 3.02. The van der Waals surface area contributed by atoms with Gasteiger partial charge in [0.15, 0.2) is 0 Å². The summed E-state index contributed by atoms with van der Waals surface area (Å²) in [6, 6.07) is 6.53. The Bertz CT molecular complexity index is 431. The molecule has 1 aromatic carbocycles. The van der Waals surface area contributed by atoms with Crippen LogP contribution in [0.15, 0.2) is 18.2 Å². The number of aryl methyl sites for hydroxylation is 2. The summed E-state index contributed by atoms with van der Waals surface area (Å²) in [4.78, 5) is 0. The monoisotopic (exact) mass is 277 g/mol. The Labute approximate surface area is 122 Å². The van der Waals surface area contributed by atoms with E-state index in [-0.39, 0.29) is 6.04 Å². The molecule has 112 valence electrons. The lowest BCUT2D eigenvalue weighted by Crippen LogP contribution is -2.40. The van der Waals surface area contributed by atoms with Gasteiger partial charge in [-0.05, 0) is 41.9 Å². The normalized spacial score (nSPS) is 17.2. The largest absolute Gasteiger partial charge is 0.387 e. The predicted octanol–water partition coefficient (Wildman–Crippen LogP) is 2.47. The Balaban J connectivity index is 2.08. The number of ether oxygens (including phenoxy) is 1. The summed E-state index contributed by atoms with van der Waals surface area (Å²) >= 11 is 0. The summed E-state index contributed by atoms with van der Waals surface area (Å²) in [5.41, 5.74) is 3.91. The maximum atomic E-state index is 10.7. The minimum absolute atomic E-state index is 0.0598. The van der Waals surface area contributed by atoms with Crippen LogP contribution in [0.2, 0.25) is 0 Å². The maximum Gasteiger partial charge on any atom is 0.0945 e. The smallest absolute Gasteiger partial charge is 0.0945 e. The number of hydrogen-bond acceptors (Lipinski definition) is 3. The van der Waals surface area contributed by atoms with E-state index in [2.05, 4.69) is 37.4 Å². The van der Waals surface area contributed by atoms with Gasteiger partial charge in [-0.1, -0.05) is 32.0 Å². The van der Waals surface area contributed by atoms with Crippen molar-refractivity contribution in [3.8, 4) is 0 Å². The number of aliphatic hydroxyl groups is 1. The van der Waals surface area contributed by atoms with Gasteiger partial charge in [0, 0.05) is 19.7 Å². The highest BCUT2D eigenvalue weighted by Gasteiger charge is 2.24. The molecule has 0 bridgehead atoms. The van der Waals surface area contributed by atoms with E-state index in [1.54, 1.807) is 7.11 Å². The van der Waals surface area contributed by atoms with E-state index in [9.17, 15) is 5.11 Å². The molecule has 0 aliphatic heterocycles. The SMILES string of the molecule is COCCNC(C(C)C)C(O)c1ccc2c(c1)CCC2. The van der Waals surface area contributed by atoms with E-state index in [0.29, 0.717) is 12.5 Å². The number of nitrogens with one attached hydrogen (secondary N) is 1. The molecule has 0 spiro atoms. The molecule has 2 atom stereocenters. The molecule has 20 heavy (non-hydrogen) atoms. The van der Waals surface area contributed by atoms with Crippen LogP contribution in [0.1, 0.15) is 43.1 Å². The number of hydrogen-bond donors (Lipinski definition) is 2. The number of benzene rings is 1. The van der Waals surface area contributed by atoms with Crippen LogP contribution in [0, 0.1) is 5.92 Å². The molecule has 0 heterocycles. The van der Waals surface area contributed by atoms with Crippen LogP contribution in [-0.4, -0.2) is 31.4 Å². The van der Waals surface area contributed by atoms with E-state index in [0.717, 1.165) is 18.5 Å². The Morgan fingerprint density at radius 1 is 1.25 bits per heavy atom. The standard InChI is InChI=1S/C17H27NO2/c1-12(2)16(18-9-10-20-3)17(19)15-8-7-13-5-4-6-14(13)11-15/h7-8,11-12,16-19H,4-6,9-10H2,1-3H3. The van der Waals surface area contributed by atoms with Gasteiger partial charge in [-0.3, -0.25) is 0 Å². The second kappa shape index (κ2) is 7.21. The molecular weight excluding hydrogens is 250 g/mol. The quantitative estimate of drug-likeness (QED) is 0.752. The van der Waals surface area contributed by atoms with Crippen LogP contribution >= 0.6 is 0 Å². The van der Waals surface area contributed by atoms with Crippen LogP contribution in [0.5, 0.6) is 0 Å². The number of aliphatic hydroxyl groups excluding tert-OH is 1. The Morgan fingerprint density at radius 3 is 2.70 bits per heavy atom. The van der Waals surface area contributed by atoms with Crippen LogP contribution < -0.4 is 5.32 Å². The molecule has 0 amide bonds. The van der Waals surface area contributed by atoms with E-state index in [1.807, 2.05) is 0 Å². The lowest BCUT2D eigenvalue weighted by molar-refractivity contribution is 0.0978. The van der Waals surface area contributed by atoms with E-state index in [4.69, 9.17) is 4.74 Å². The first-order valence-corrected chi connectivity index (χ1v) is 7.65. The Morgan fingerprint density at radius 2 is 2.00 bits per heavy atom. The summed E-state index contributed by atoms with van der Waals surface area (Å²) in [6.07, 6.45) is 3.12. The number of rotatable bonds is 7. The molecule has 3 heteroatoms. The molecule has 3 nitrogen and oxygen atoms in total. The third-order valence-electron chi connectivity index (χ3n) is 4.21. The molecule has 2 unspecified atom stereocenters. The van der Waals surface area contributed by atoms with Gasteiger partial charge >= 0.3 is 0 Å². The highest BCUT2D eigenvalue weighted by atomic mass is 16.5.